The number of benzene rings is 1. The first-order valence-electron chi connectivity index (χ1n) is 6.90. The summed E-state index contributed by atoms with van der Waals surface area (Å²) in [4.78, 5) is 16.1. The zero-order valence-corrected chi connectivity index (χ0v) is 13.2. The van der Waals surface area contributed by atoms with Crippen molar-refractivity contribution in [1.82, 2.24) is 19.7 Å². The third kappa shape index (κ3) is 3.40. The van der Waals surface area contributed by atoms with Crippen molar-refractivity contribution in [3.8, 4) is 17.1 Å². The SMILES string of the molecule is Cn1c(SCC(=O)c2ccc(O)cc2)nnc1-c1ccncc1. The lowest BCUT2D eigenvalue weighted by Crippen LogP contribution is -2.03. The Balaban J connectivity index is 1.71. The Kier molecular flexibility index (Phi) is 4.38. The Morgan fingerprint density at radius 2 is 1.83 bits per heavy atom. The maximum atomic E-state index is 12.1. The Bertz CT molecular complexity index is 816. The van der Waals surface area contributed by atoms with Crippen molar-refractivity contribution in [1.29, 1.82) is 0 Å². The van der Waals surface area contributed by atoms with Crippen LogP contribution in [0.4, 0.5) is 0 Å². The number of aromatic nitrogens is 4. The molecule has 0 fully saturated rings. The number of thioether (sulfide) groups is 1. The third-order valence-electron chi connectivity index (χ3n) is 3.30. The quantitative estimate of drug-likeness (QED) is 0.573. The Morgan fingerprint density at radius 1 is 1.13 bits per heavy atom. The van der Waals surface area contributed by atoms with E-state index in [0.717, 1.165) is 11.4 Å². The van der Waals surface area contributed by atoms with Crippen LogP contribution < -0.4 is 0 Å². The van der Waals surface area contributed by atoms with Crippen LogP contribution in [0.5, 0.6) is 5.75 Å². The molecule has 1 aromatic carbocycles. The van der Waals surface area contributed by atoms with E-state index >= 15 is 0 Å². The summed E-state index contributed by atoms with van der Waals surface area (Å²) >= 11 is 1.33. The summed E-state index contributed by atoms with van der Waals surface area (Å²) in [6.45, 7) is 0. The molecule has 23 heavy (non-hydrogen) atoms. The van der Waals surface area contributed by atoms with Gasteiger partial charge in [-0.05, 0) is 36.4 Å². The van der Waals surface area contributed by atoms with E-state index in [4.69, 9.17) is 0 Å². The molecule has 7 heteroatoms. The average Bonchev–Trinajstić information content (AvgIpc) is 2.95. The lowest BCUT2D eigenvalue weighted by molar-refractivity contribution is 0.102. The third-order valence-corrected chi connectivity index (χ3v) is 4.32. The molecule has 0 saturated heterocycles. The summed E-state index contributed by atoms with van der Waals surface area (Å²) in [5, 5.41) is 18.2. The van der Waals surface area contributed by atoms with Gasteiger partial charge in [0.2, 0.25) is 0 Å². The molecular weight excluding hydrogens is 312 g/mol. The number of carbonyl (C=O) groups is 1. The van der Waals surface area contributed by atoms with Gasteiger partial charge >= 0.3 is 0 Å². The van der Waals surface area contributed by atoms with Crippen molar-refractivity contribution in [2.75, 3.05) is 5.75 Å². The summed E-state index contributed by atoms with van der Waals surface area (Å²) in [7, 11) is 1.86. The highest BCUT2D eigenvalue weighted by atomic mass is 32.2. The van der Waals surface area contributed by atoms with Gasteiger partial charge in [0, 0.05) is 30.6 Å². The number of phenols is 1. The van der Waals surface area contributed by atoms with E-state index in [2.05, 4.69) is 15.2 Å². The van der Waals surface area contributed by atoms with Crippen molar-refractivity contribution in [2.45, 2.75) is 5.16 Å². The second kappa shape index (κ2) is 6.62. The molecule has 0 aliphatic carbocycles. The molecule has 0 spiro atoms. The molecule has 2 heterocycles. The van der Waals surface area contributed by atoms with Gasteiger partial charge < -0.3 is 9.67 Å². The topological polar surface area (TPSA) is 80.9 Å². The molecule has 0 aliphatic heterocycles. The lowest BCUT2D eigenvalue weighted by atomic mass is 10.1. The normalized spacial score (nSPS) is 10.7. The predicted molar refractivity (Wildman–Crippen MR) is 87.4 cm³/mol. The molecule has 0 unspecified atom stereocenters. The molecule has 6 nitrogen and oxygen atoms in total. The van der Waals surface area contributed by atoms with Gasteiger partial charge in [-0.1, -0.05) is 11.8 Å². The molecule has 3 aromatic rings. The molecule has 3 rings (SSSR count). The maximum Gasteiger partial charge on any atom is 0.191 e. The Morgan fingerprint density at radius 3 is 2.52 bits per heavy atom. The first-order chi connectivity index (χ1) is 11.1. The van der Waals surface area contributed by atoms with Crippen molar-refractivity contribution in [3.05, 3.63) is 54.4 Å². The number of aromatic hydroxyl groups is 1. The van der Waals surface area contributed by atoms with Crippen LogP contribution in [0.15, 0.2) is 53.9 Å². The highest BCUT2D eigenvalue weighted by Crippen LogP contribution is 2.23. The fourth-order valence-corrected chi connectivity index (χ4v) is 2.86. The van der Waals surface area contributed by atoms with E-state index in [1.807, 2.05) is 23.7 Å². The number of hydrogen-bond acceptors (Lipinski definition) is 6. The molecular formula is C16H14N4O2S. The van der Waals surface area contributed by atoms with Crippen LogP contribution in [-0.2, 0) is 7.05 Å². The van der Waals surface area contributed by atoms with E-state index in [1.54, 1.807) is 24.5 Å². The summed E-state index contributed by atoms with van der Waals surface area (Å²) in [6, 6.07) is 9.94. The minimum Gasteiger partial charge on any atom is -0.508 e. The van der Waals surface area contributed by atoms with Crippen molar-refractivity contribution in [2.24, 2.45) is 7.05 Å². The van der Waals surface area contributed by atoms with E-state index in [-0.39, 0.29) is 17.3 Å². The van der Waals surface area contributed by atoms with Crippen LogP contribution in [0.1, 0.15) is 10.4 Å². The van der Waals surface area contributed by atoms with E-state index < -0.39 is 0 Å². The second-order valence-corrected chi connectivity index (χ2v) is 5.80. The number of rotatable bonds is 5. The maximum absolute atomic E-state index is 12.1. The number of carbonyl (C=O) groups excluding carboxylic acids is 1. The zero-order chi connectivity index (χ0) is 16.2. The van der Waals surface area contributed by atoms with Gasteiger partial charge in [-0.15, -0.1) is 10.2 Å². The smallest absolute Gasteiger partial charge is 0.191 e. The largest absolute Gasteiger partial charge is 0.508 e. The first kappa shape index (κ1) is 15.2. The van der Waals surface area contributed by atoms with Crippen LogP contribution in [0.3, 0.4) is 0 Å². The number of pyridine rings is 1. The average molecular weight is 326 g/mol. The molecule has 0 amide bonds. The summed E-state index contributed by atoms with van der Waals surface area (Å²) < 4.78 is 1.85. The van der Waals surface area contributed by atoms with Gasteiger partial charge in [-0.25, -0.2) is 0 Å². The number of nitrogens with zero attached hydrogens (tertiary/aromatic N) is 4. The van der Waals surface area contributed by atoms with E-state index in [1.165, 1.54) is 23.9 Å². The lowest BCUT2D eigenvalue weighted by Gasteiger charge is -2.04. The molecule has 0 aliphatic rings. The van der Waals surface area contributed by atoms with E-state index in [0.29, 0.717) is 10.7 Å². The second-order valence-electron chi connectivity index (χ2n) is 4.86. The first-order valence-corrected chi connectivity index (χ1v) is 7.88. The van der Waals surface area contributed by atoms with Gasteiger partial charge in [-0.2, -0.15) is 0 Å². The van der Waals surface area contributed by atoms with Crippen LogP contribution in [-0.4, -0.2) is 36.4 Å². The van der Waals surface area contributed by atoms with Crippen molar-refractivity contribution < 1.29 is 9.90 Å². The Hall–Kier alpha value is -2.67. The van der Waals surface area contributed by atoms with Gasteiger partial charge in [0.05, 0.1) is 5.75 Å². The number of ketones is 1. The molecule has 0 atom stereocenters. The van der Waals surface area contributed by atoms with Gasteiger partial charge in [-0.3, -0.25) is 9.78 Å². The van der Waals surface area contributed by atoms with Crippen LogP contribution in [0, 0.1) is 0 Å². The van der Waals surface area contributed by atoms with E-state index in [9.17, 15) is 9.90 Å². The van der Waals surface area contributed by atoms with Gasteiger partial charge in [0.25, 0.3) is 0 Å². The van der Waals surface area contributed by atoms with Crippen LogP contribution in [0.25, 0.3) is 11.4 Å². The predicted octanol–water partition coefficient (Wildman–Crippen LogP) is 2.56. The van der Waals surface area contributed by atoms with Crippen LogP contribution >= 0.6 is 11.8 Å². The van der Waals surface area contributed by atoms with Gasteiger partial charge in [0.15, 0.2) is 16.8 Å². The fraction of sp³-hybridized carbons (Fsp3) is 0.125. The molecule has 0 radical (unpaired) electrons. The van der Waals surface area contributed by atoms with Gasteiger partial charge in [0.1, 0.15) is 5.75 Å². The minimum absolute atomic E-state index is 0.0246. The summed E-state index contributed by atoms with van der Waals surface area (Å²) in [6.07, 6.45) is 3.40. The molecule has 116 valence electrons. The highest BCUT2D eigenvalue weighted by molar-refractivity contribution is 7.99. The molecule has 0 saturated carbocycles. The zero-order valence-electron chi connectivity index (χ0n) is 12.4. The fourth-order valence-electron chi connectivity index (χ4n) is 2.05. The Labute approximate surface area is 137 Å². The van der Waals surface area contributed by atoms with Crippen LogP contribution in [0.2, 0.25) is 0 Å². The number of Topliss-reactive ketones (excluding diaryl/α,β-unsaturated/α-hetero) is 1. The summed E-state index contributed by atoms with van der Waals surface area (Å²) in [5.74, 6) is 1.10. The molecule has 1 N–H and O–H groups in total. The van der Waals surface area contributed by atoms with Crippen molar-refractivity contribution >= 4 is 17.5 Å². The van der Waals surface area contributed by atoms with Crippen molar-refractivity contribution in [3.63, 3.8) is 0 Å². The monoisotopic (exact) mass is 326 g/mol. The molecule has 2 aromatic heterocycles. The standard InChI is InChI=1S/C16H14N4O2S/c1-20-15(12-6-8-17-9-7-12)18-19-16(20)23-10-14(22)11-2-4-13(21)5-3-11/h2-9,21H,10H2,1H3. The highest BCUT2D eigenvalue weighted by Gasteiger charge is 2.13. The summed E-state index contributed by atoms with van der Waals surface area (Å²) in [5.41, 5.74) is 1.48. The number of hydrogen-bond donors (Lipinski definition) is 1. The number of phenolic OH excluding ortho intramolecular Hbond substituents is 1. The minimum atomic E-state index is -0.0246. The molecule has 0 bridgehead atoms.